The summed E-state index contributed by atoms with van der Waals surface area (Å²) in [6.07, 6.45) is 1.98. The van der Waals surface area contributed by atoms with Crippen molar-refractivity contribution in [3.05, 3.63) is 29.3 Å². The molecule has 0 heterocycles. The molecular formula is C14H21NO3S. The van der Waals surface area contributed by atoms with Crippen LogP contribution in [0.4, 0.5) is 0 Å². The van der Waals surface area contributed by atoms with Crippen LogP contribution in [0, 0.1) is 0 Å². The van der Waals surface area contributed by atoms with Crippen LogP contribution in [0.5, 0.6) is 5.75 Å². The van der Waals surface area contributed by atoms with E-state index in [2.05, 4.69) is 0 Å². The highest BCUT2D eigenvalue weighted by Crippen LogP contribution is 2.34. The Morgan fingerprint density at radius 3 is 2.79 bits per heavy atom. The van der Waals surface area contributed by atoms with Crippen molar-refractivity contribution in [1.82, 2.24) is 0 Å². The number of ether oxygens (including phenoxy) is 1. The van der Waals surface area contributed by atoms with Crippen LogP contribution >= 0.6 is 0 Å². The maximum absolute atomic E-state index is 12.2. The zero-order valence-electron chi connectivity index (χ0n) is 11.4. The van der Waals surface area contributed by atoms with Gasteiger partial charge in [0, 0.05) is 6.04 Å². The number of aryl methyl sites for hydroxylation is 1. The molecule has 2 rings (SSSR count). The molecule has 1 aromatic carbocycles. The smallest absolute Gasteiger partial charge is 0.155 e. The summed E-state index contributed by atoms with van der Waals surface area (Å²) < 4.78 is 29.6. The SMILES string of the molecule is CCCS(=O)(=O)C1CCc2cc(OC)ccc2C1N. The van der Waals surface area contributed by atoms with Crippen LogP contribution < -0.4 is 10.5 Å². The Morgan fingerprint density at radius 2 is 2.16 bits per heavy atom. The minimum atomic E-state index is -3.10. The first-order valence-corrected chi connectivity index (χ1v) is 8.35. The van der Waals surface area contributed by atoms with E-state index in [9.17, 15) is 8.42 Å². The normalized spacial score (nSPS) is 22.9. The van der Waals surface area contributed by atoms with Gasteiger partial charge in [0.25, 0.3) is 0 Å². The van der Waals surface area contributed by atoms with Crippen LogP contribution in [0.3, 0.4) is 0 Å². The number of hydrogen-bond acceptors (Lipinski definition) is 4. The quantitative estimate of drug-likeness (QED) is 0.915. The summed E-state index contributed by atoms with van der Waals surface area (Å²) in [5.74, 6) is 1.01. The van der Waals surface area contributed by atoms with Crippen LogP contribution in [0.25, 0.3) is 0 Å². The topological polar surface area (TPSA) is 69.4 Å². The van der Waals surface area contributed by atoms with Crippen molar-refractivity contribution in [3.63, 3.8) is 0 Å². The van der Waals surface area contributed by atoms with Gasteiger partial charge >= 0.3 is 0 Å². The molecule has 0 aromatic heterocycles. The van der Waals surface area contributed by atoms with Crippen molar-refractivity contribution < 1.29 is 13.2 Å². The highest BCUT2D eigenvalue weighted by molar-refractivity contribution is 7.92. The fourth-order valence-electron chi connectivity index (χ4n) is 2.77. The van der Waals surface area contributed by atoms with Crippen molar-refractivity contribution in [3.8, 4) is 5.75 Å². The molecule has 0 spiro atoms. The van der Waals surface area contributed by atoms with Crippen LogP contribution in [-0.4, -0.2) is 26.5 Å². The number of methoxy groups -OCH3 is 1. The second kappa shape index (κ2) is 5.51. The number of benzene rings is 1. The van der Waals surface area contributed by atoms with Gasteiger partial charge in [-0.2, -0.15) is 0 Å². The fraction of sp³-hybridized carbons (Fsp3) is 0.571. The summed E-state index contributed by atoms with van der Waals surface area (Å²) in [6.45, 7) is 1.88. The van der Waals surface area contributed by atoms with Crippen LogP contribution in [-0.2, 0) is 16.3 Å². The lowest BCUT2D eigenvalue weighted by Crippen LogP contribution is -2.38. The standard InChI is InChI=1S/C14H21NO3S/c1-3-8-19(16,17)13-7-4-10-9-11(18-2)5-6-12(10)14(13)15/h5-6,9,13-14H,3-4,7-8,15H2,1-2H3. The predicted molar refractivity (Wildman–Crippen MR) is 76.1 cm³/mol. The van der Waals surface area contributed by atoms with E-state index < -0.39 is 21.1 Å². The van der Waals surface area contributed by atoms with E-state index in [-0.39, 0.29) is 5.75 Å². The molecule has 4 nitrogen and oxygen atoms in total. The average molecular weight is 283 g/mol. The van der Waals surface area contributed by atoms with E-state index >= 15 is 0 Å². The summed E-state index contributed by atoms with van der Waals surface area (Å²) in [5, 5.41) is -0.451. The summed E-state index contributed by atoms with van der Waals surface area (Å²) >= 11 is 0. The lowest BCUT2D eigenvalue weighted by molar-refractivity contribution is 0.413. The van der Waals surface area contributed by atoms with Crippen LogP contribution in [0.1, 0.15) is 36.9 Å². The minimum Gasteiger partial charge on any atom is -0.497 e. The molecule has 1 aliphatic carbocycles. The number of nitrogens with two attached hydrogens (primary N) is 1. The van der Waals surface area contributed by atoms with Crippen molar-refractivity contribution in [2.75, 3.05) is 12.9 Å². The van der Waals surface area contributed by atoms with Crippen molar-refractivity contribution in [2.45, 2.75) is 37.5 Å². The summed E-state index contributed by atoms with van der Waals surface area (Å²) in [5.41, 5.74) is 8.23. The third kappa shape index (κ3) is 2.77. The molecule has 0 bridgehead atoms. The lowest BCUT2D eigenvalue weighted by atomic mass is 9.87. The molecule has 1 aliphatic rings. The van der Waals surface area contributed by atoms with Crippen molar-refractivity contribution >= 4 is 9.84 Å². The Balaban J connectivity index is 2.32. The molecule has 1 aromatic rings. The molecule has 0 fully saturated rings. The third-order valence-electron chi connectivity index (χ3n) is 3.76. The summed E-state index contributed by atoms with van der Waals surface area (Å²) in [6, 6.07) is 5.27. The maximum atomic E-state index is 12.2. The summed E-state index contributed by atoms with van der Waals surface area (Å²) in [4.78, 5) is 0. The van der Waals surface area contributed by atoms with Gasteiger partial charge in [-0.15, -0.1) is 0 Å². The first-order chi connectivity index (χ1) is 8.99. The molecule has 2 atom stereocenters. The number of fused-ring (bicyclic) bond motifs is 1. The minimum absolute atomic E-state index is 0.219. The maximum Gasteiger partial charge on any atom is 0.155 e. The zero-order chi connectivity index (χ0) is 14.0. The van der Waals surface area contributed by atoms with Gasteiger partial charge in [-0.3, -0.25) is 0 Å². The van der Waals surface area contributed by atoms with Crippen molar-refractivity contribution in [2.24, 2.45) is 5.73 Å². The van der Waals surface area contributed by atoms with Crippen LogP contribution in [0.2, 0.25) is 0 Å². The number of rotatable bonds is 4. The molecule has 0 amide bonds. The van der Waals surface area contributed by atoms with Gasteiger partial charge in [0.2, 0.25) is 0 Å². The lowest BCUT2D eigenvalue weighted by Gasteiger charge is -2.30. The van der Waals surface area contributed by atoms with E-state index in [4.69, 9.17) is 10.5 Å². The predicted octanol–water partition coefficient (Wildman–Crippen LogP) is 1.83. The first-order valence-electron chi connectivity index (χ1n) is 6.63. The molecule has 19 heavy (non-hydrogen) atoms. The molecule has 0 saturated heterocycles. The Labute approximate surface area is 114 Å². The van der Waals surface area contributed by atoms with Gasteiger partial charge < -0.3 is 10.5 Å². The zero-order valence-corrected chi connectivity index (χ0v) is 12.2. The highest BCUT2D eigenvalue weighted by atomic mass is 32.2. The number of sulfone groups is 1. The van der Waals surface area contributed by atoms with Gasteiger partial charge in [0.1, 0.15) is 5.75 Å². The Kier molecular flexibility index (Phi) is 4.16. The number of hydrogen-bond donors (Lipinski definition) is 1. The molecule has 2 N–H and O–H groups in total. The Bertz CT molecular complexity index is 554. The van der Waals surface area contributed by atoms with E-state index in [1.807, 2.05) is 25.1 Å². The molecule has 0 radical (unpaired) electrons. The fourth-order valence-corrected chi connectivity index (χ4v) is 4.71. The summed E-state index contributed by atoms with van der Waals surface area (Å²) in [7, 11) is -1.47. The van der Waals surface area contributed by atoms with E-state index in [1.165, 1.54) is 0 Å². The molecule has 106 valence electrons. The molecule has 2 unspecified atom stereocenters. The van der Waals surface area contributed by atoms with Crippen LogP contribution in [0.15, 0.2) is 18.2 Å². The van der Waals surface area contributed by atoms with Crippen molar-refractivity contribution in [1.29, 1.82) is 0 Å². The molecular weight excluding hydrogens is 262 g/mol. The van der Waals surface area contributed by atoms with Gasteiger partial charge in [0.15, 0.2) is 9.84 Å². The molecule has 0 saturated carbocycles. The van der Waals surface area contributed by atoms with Gasteiger partial charge in [-0.25, -0.2) is 8.42 Å². The second-order valence-electron chi connectivity index (χ2n) is 5.03. The van der Waals surface area contributed by atoms with Gasteiger partial charge in [-0.1, -0.05) is 13.0 Å². The third-order valence-corrected chi connectivity index (χ3v) is 6.19. The molecule has 0 aliphatic heterocycles. The average Bonchev–Trinajstić information content (AvgIpc) is 2.38. The first kappa shape index (κ1) is 14.3. The Hall–Kier alpha value is -1.07. The van der Waals surface area contributed by atoms with Gasteiger partial charge in [0.05, 0.1) is 18.1 Å². The van der Waals surface area contributed by atoms with E-state index in [1.54, 1.807) is 7.11 Å². The monoisotopic (exact) mass is 283 g/mol. The van der Waals surface area contributed by atoms with E-state index in [0.29, 0.717) is 12.8 Å². The van der Waals surface area contributed by atoms with Gasteiger partial charge in [-0.05, 0) is 42.5 Å². The largest absolute Gasteiger partial charge is 0.497 e. The molecule has 5 heteroatoms. The Morgan fingerprint density at radius 1 is 1.42 bits per heavy atom. The van der Waals surface area contributed by atoms with E-state index in [0.717, 1.165) is 23.3 Å². The highest BCUT2D eigenvalue weighted by Gasteiger charge is 2.35. The second-order valence-corrected chi connectivity index (χ2v) is 7.37.